The van der Waals surface area contributed by atoms with Crippen molar-refractivity contribution in [1.82, 2.24) is 9.88 Å². The number of rotatable bonds is 3. The number of aliphatic hydroxyl groups excluding tert-OH is 1. The van der Waals surface area contributed by atoms with Gasteiger partial charge in [-0.15, -0.1) is 11.3 Å². The summed E-state index contributed by atoms with van der Waals surface area (Å²) in [7, 11) is 0. The summed E-state index contributed by atoms with van der Waals surface area (Å²) in [6, 6.07) is 4.67. The summed E-state index contributed by atoms with van der Waals surface area (Å²) in [6.45, 7) is 2.39. The molecule has 4 nitrogen and oxygen atoms in total. The first-order valence-electron chi connectivity index (χ1n) is 7.22. The number of halogens is 1. The van der Waals surface area contributed by atoms with Crippen LogP contribution in [0.4, 0.5) is 4.39 Å². The van der Waals surface area contributed by atoms with Gasteiger partial charge in [0, 0.05) is 11.9 Å². The minimum Gasteiger partial charge on any atom is -0.389 e. The lowest BCUT2D eigenvalue weighted by Crippen LogP contribution is -2.31. The summed E-state index contributed by atoms with van der Waals surface area (Å²) in [5, 5.41) is 11.3. The second-order valence-corrected chi connectivity index (χ2v) is 6.38. The Hall–Kier alpha value is -1.79. The summed E-state index contributed by atoms with van der Waals surface area (Å²) in [6.07, 6.45) is 1.79. The Morgan fingerprint density at radius 1 is 1.55 bits per heavy atom. The third-order valence-electron chi connectivity index (χ3n) is 4.01. The van der Waals surface area contributed by atoms with E-state index in [9.17, 15) is 9.18 Å². The molecule has 1 aromatic carbocycles. The van der Waals surface area contributed by atoms with Crippen molar-refractivity contribution in [3.8, 4) is 0 Å². The Morgan fingerprint density at radius 2 is 2.36 bits per heavy atom. The summed E-state index contributed by atoms with van der Waals surface area (Å²) in [5.41, 5.74) is 2.23. The number of nitrogens with zero attached hydrogens (tertiary/aromatic N) is 2. The molecule has 116 valence electrons. The Kier molecular flexibility index (Phi) is 4.22. The Labute approximate surface area is 132 Å². The molecule has 1 aliphatic heterocycles. The molecule has 1 N–H and O–H groups in total. The number of aromatic nitrogens is 1. The topological polar surface area (TPSA) is 53.4 Å². The second-order valence-electron chi connectivity index (χ2n) is 5.44. The Morgan fingerprint density at radius 3 is 3.05 bits per heavy atom. The number of hydrogen-bond donors (Lipinski definition) is 1. The highest BCUT2D eigenvalue weighted by atomic mass is 32.1. The van der Waals surface area contributed by atoms with E-state index < -0.39 is 0 Å². The number of carbonyl (C=O) groups excluding carboxylic acids is 1. The number of hydrogen-bond acceptors (Lipinski definition) is 4. The first kappa shape index (κ1) is 15.1. The minimum atomic E-state index is -0.260. The average Bonchev–Trinajstić information content (AvgIpc) is 3.15. The van der Waals surface area contributed by atoms with Crippen molar-refractivity contribution in [2.75, 3.05) is 6.54 Å². The second kappa shape index (κ2) is 6.14. The SMILES string of the molecule is Cc1cc(F)ccc1C1CCCN1C(=O)c1csc(CO)n1. The molecular formula is C16H17FN2O2S. The van der Waals surface area contributed by atoms with Crippen LogP contribution >= 0.6 is 11.3 Å². The molecule has 1 fully saturated rings. The van der Waals surface area contributed by atoms with Gasteiger partial charge in [0.2, 0.25) is 0 Å². The van der Waals surface area contributed by atoms with Gasteiger partial charge in [0.15, 0.2) is 0 Å². The van der Waals surface area contributed by atoms with Gasteiger partial charge in [-0.25, -0.2) is 9.37 Å². The molecule has 6 heteroatoms. The van der Waals surface area contributed by atoms with Gasteiger partial charge in [0.1, 0.15) is 16.5 Å². The number of amides is 1. The van der Waals surface area contributed by atoms with E-state index in [0.29, 0.717) is 17.2 Å². The zero-order valence-corrected chi connectivity index (χ0v) is 13.1. The molecule has 0 aliphatic carbocycles. The van der Waals surface area contributed by atoms with E-state index in [1.165, 1.54) is 23.5 Å². The molecule has 22 heavy (non-hydrogen) atoms. The minimum absolute atomic E-state index is 0.0348. The van der Waals surface area contributed by atoms with Crippen molar-refractivity contribution in [3.05, 3.63) is 51.2 Å². The van der Waals surface area contributed by atoms with E-state index in [4.69, 9.17) is 5.11 Å². The predicted molar refractivity (Wildman–Crippen MR) is 82.2 cm³/mol. The van der Waals surface area contributed by atoms with Gasteiger partial charge < -0.3 is 10.0 Å². The van der Waals surface area contributed by atoms with Crippen LogP contribution < -0.4 is 0 Å². The zero-order valence-electron chi connectivity index (χ0n) is 12.3. The summed E-state index contributed by atoms with van der Waals surface area (Å²) in [5.74, 6) is -0.383. The molecule has 0 saturated carbocycles. The van der Waals surface area contributed by atoms with Crippen LogP contribution in [-0.2, 0) is 6.61 Å². The monoisotopic (exact) mass is 320 g/mol. The molecular weight excluding hydrogens is 303 g/mol. The lowest BCUT2D eigenvalue weighted by Gasteiger charge is -2.25. The fraction of sp³-hybridized carbons (Fsp3) is 0.375. The van der Waals surface area contributed by atoms with E-state index in [-0.39, 0.29) is 24.4 Å². The summed E-state index contributed by atoms with van der Waals surface area (Å²) < 4.78 is 13.3. The smallest absolute Gasteiger partial charge is 0.273 e. The third kappa shape index (κ3) is 2.76. The zero-order chi connectivity index (χ0) is 15.7. The highest BCUT2D eigenvalue weighted by molar-refractivity contribution is 7.09. The number of likely N-dealkylation sites (tertiary alicyclic amines) is 1. The molecule has 1 unspecified atom stereocenters. The van der Waals surface area contributed by atoms with E-state index in [1.54, 1.807) is 16.3 Å². The molecule has 1 aliphatic rings. The van der Waals surface area contributed by atoms with Crippen molar-refractivity contribution in [3.63, 3.8) is 0 Å². The van der Waals surface area contributed by atoms with Crippen LogP contribution in [-0.4, -0.2) is 27.4 Å². The third-order valence-corrected chi connectivity index (χ3v) is 4.84. The molecule has 0 bridgehead atoms. The average molecular weight is 320 g/mol. The van der Waals surface area contributed by atoms with Crippen LogP contribution in [0.1, 0.15) is 45.5 Å². The molecule has 1 atom stereocenters. The van der Waals surface area contributed by atoms with Gasteiger partial charge >= 0.3 is 0 Å². The molecule has 2 aromatic rings. The van der Waals surface area contributed by atoms with E-state index in [1.807, 2.05) is 6.92 Å². The molecule has 1 amide bonds. The van der Waals surface area contributed by atoms with Crippen LogP contribution in [0.15, 0.2) is 23.6 Å². The molecule has 1 aromatic heterocycles. The van der Waals surface area contributed by atoms with Crippen molar-refractivity contribution >= 4 is 17.2 Å². The maximum absolute atomic E-state index is 13.3. The normalized spacial score (nSPS) is 18.0. The van der Waals surface area contributed by atoms with Crippen molar-refractivity contribution in [2.24, 2.45) is 0 Å². The van der Waals surface area contributed by atoms with E-state index in [2.05, 4.69) is 4.98 Å². The lowest BCUT2D eigenvalue weighted by molar-refractivity contribution is 0.0730. The molecule has 0 radical (unpaired) electrons. The van der Waals surface area contributed by atoms with Crippen molar-refractivity contribution in [1.29, 1.82) is 0 Å². The number of aliphatic hydroxyl groups is 1. The fourth-order valence-corrected chi connectivity index (χ4v) is 3.60. The highest BCUT2D eigenvalue weighted by Gasteiger charge is 2.32. The summed E-state index contributed by atoms with van der Waals surface area (Å²) >= 11 is 1.28. The predicted octanol–water partition coefficient (Wildman–Crippen LogP) is 3.06. The first-order valence-corrected chi connectivity index (χ1v) is 8.10. The maximum Gasteiger partial charge on any atom is 0.273 e. The molecule has 3 rings (SSSR count). The Bertz CT molecular complexity index is 701. The van der Waals surface area contributed by atoms with Gasteiger partial charge in [-0.1, -0.05) is 6.07 Å². The molecule has 2 heterocycles. The standard InChI is InChI=1S/C16H17FN2O2S/c1-10-7-11(17)4-5-12(10)14-3-2-6-19(14)16(21)13-9-22-15(8-20)18-13/h4-5,7,9,14,20H,2-3,6,8H2,1H3. The van der Waals surface area contributed by atoms with Crippen LogP contribution in [0.25, 0.3) is 0 Å². The van der Waals surface area contributed by atoms with Gasteiger partial charge in [-0.2, -0.15) is 0 Å². The van der Waals surface area contributed by atoms with Gasteiger partial charge in [0.25, 0.3) is 5.91 Å². The maximum atomic E-state index is 13.3. The van der Waals surface area contributed by atoms with Crippen molar-refractivity contribution in [2.45, 2.75) is 32.4 Å². The number of benzene rings is 1. The molecule has 0 spiro atoms. The van der Waals surface area contributed by atoms with Crippen LogP contribution in [0.3, 0.4) is 0 Å². The summed E-state index contributed by atoms with van der Waals surface area (Å²) in [4.78, 5) is 18.6. The quantitative estimate of drug-likeness (QED) is 0.945. The Balaban J connectivity index is 1.87. The number of carbonyl (C=O) groups is 1. The van der Waals surface area contributed by atoms with Crippen LogP contribution in [0.2, 0.25) is 0 Å². The fourth-order valence-electron chi connectivity index (χ4n) is 2.97. The molecule has 1 saturated heterocycles. The van der Waals surface area contributed by atoms with E-state index >= 15 is 0 Å². The van der Waals surface area contributed by atoms with Crippen LogP contribution in [0.5, 0.6) is 0 Å². The van der Waals surface area contributed by atoms with E-state index in [0.717, 1.165) is 24.0 Å². The first-order chi connectivity index (χ1) is 10.6. The van der Waals surface area contributed by atoms with Crippen molar-refractivity contribution < 1.29 is 14.3 Å². The number of aryl methyl sites for hydroxylation is 1. The lowest BCUT2D eigenvalue weighted by atomic mass is 9.99. The number of thiazole rings is 1. The van der Waals surface area contributed by atoms with Gasteiger partial charge in [0.05, 0.1) is 12.6 Å². The highest BCUT2D eigenvalue weighted by Crippen LogP contribution is 2.35. The van der Waals surface area contributed by atoms with Crippen LogP contribution in [0, 0.1) is 12.7 Å². The largest absolute Gasteiger partial charge is 0.389 e. The van der Waals surface area contributed by atoms with Gasteiger partial charge in [-0.3, -0.25) is 4.79 Å². The van der Waals surface area contributed by atoms with Gasteiger partial charge in [-0.05, 0) is 43.0 Å².